The SMILES string of the molecule is Cc1ncsc1-c1ccc(CNC(=O)[C@@H]2C[C@@H](O)CN2C(=O)[C@@H](NC(=O)COc2ccc(O[C@H]3C[C@@H](C)C3)nc2)C(C)(C)C)cc1. The van der Waals surface area contributed by atoms with Crippen molar-refractivity contribution < 1.29 is 29.0 Å². The van der Waals surface area contributed by atoms with Gasteiger partial charge in [-0.15, -0.1) is 11.3 Å². The third-order valence-corrected chi connectivity index (χ3v) is 9.39. The van der Waals surface area contributed by atoms with Crippen LogP contribution >= 0.6 is 11.3 Å². The lowest BCUT2D eigenvalue weighted by Crippen LogP contribution is -2.58. The van der Waals surface area contributed by atoms with Crippen LogP contribution in [0.15, 0.2) is 48.1 Å². The number of aliphatic hydroxyl groups excluding tert-OH is 1. The summed E-state index contributed by atoms with van der Waals surface area (Å²) >= 11 is 1.58. The minimum atomic E-state index is -0.953. The Morgan fingerprint density at radius 3 is 2.43 bits per heavy atom. The summed E-state index contributed by atoms with van der Waals surface area (Å²) in [6.45, 7) is 9.60. The predicted molar refractivity (Wildman–Crippen MR) is 174 cm³/mol. The van der Waals surface area contributed by atoms with Gasteiger partial charge in [-0.3, -0.25) is 14.4 Å². The highest BCUT2D eigenvalue weighted by Crippen LogP contribution is 2.31. The molecule has 1 saturated carbocycles. The first kappa shape index (κ1) is 33.3. The summed E-state index contributed by atoms with van der Waals surface area (Å²) in [5, 5.41) is 16.2. The van der Waals surface area contributed by atoms with E-state index in [9.17, 15) is 19.5 Å². The van der Waals surface area contributed by atoms with E-state index in [1.54, 1.807) is 23.5 Å². The van der Waals surface area contributed by atoms with Gasteiger partial charge < -0.3 is 30.1 Å². The second kappa shape index (κ2) is 14.2. The monoisotopic (exact) mass is 649 g/mol. The molecule has 12 heteroatoms. The number of aryl methyl sites for hydroxylation is 1. The van der Waals surface area contributed by atoms with Crippen LogP contribution in [-0.4, -0.2) is 75.1 Å². The number of aromatic nitrogens is 2. The number of nitrogens with one attached hydrogen (secondary N) is 2. The highest BCUT2D eigenvalue weighted by atomic mass is 32.1. The maximum Gasteiger partial charge on any atom is 0.258 e. The van der Waals surface area contributed by atoms with Gasteiger partial charge in [0.2, 0.25) is 17.7 Å². The van der Waals surface area contributed by atoms with Crippen molar-refractivity contribution in [3.8, 4) is 22.1 Å². The van der Waals surface area contributed by atoms with Gasteiger partial charge in [-0.2, -0.15) is 0 Å². The van der Waals surface area contributed by atoms with E-state index in [0.29, 0.717) is 17.5 Å². The molecule has 246 valence electrons. The predicted octanol–water partition coefficient (Wildman–Crippen LogP) is 3.88. The minimum Gasteiger partial charge on any atom is -0.482 e. The van der Waals surface area contributed by atoms with Gasteiger partial charge in [0.05, 0.1) is 28.4 Å². The normalized spacial score (nSPS) is 21.7. The molecular formula is C34H43N5O6S. The summed E-state index contributed by atoms with van der Waals surface area (Å²) in [4.78, 5) is 51.1. The lowest BCUT2D eigenvalue weighted by atomic mass is 9.84. The van der Waals surface area contributed by atoms with Crippen LogP contribution in [0, 0.1) is 18.3 Å². The summed E-state index contributed by atoms with van der Waals surface area (Å²) in [5.74, 6) is 0.294. The Morgan fingerprint density at radius 2 is 1.83 bits per heavy atom. The Kier molecular flexibility index (Phi) is 10.3. The number of β-amino-alcohol motifs (C(OH)–C–C–N with tert-alkyl or cyclic N) is 1. The van der Waals surface area contributed by atoms with Crippen molar-refractivity contribution in [2.45, 2.75) is 84.7 Å². The molecular weight excluding hydrogens is 606 g/mol. The zero-order valence-electron chi connectivity index (χ0n) is 27.0. The molecule has 5 rings (SSSR count). The molecule has 2 aromatic heterocycles. The second-order valence-corrected chi connectivity index (χ2v) is 14.2. The van der Waals surface area contributed by atoms with Crippen molar-refractivity contribution >= 4 is 29.1 Å². The third kappa shape index (κ3) is 8.21. The summed E-state index contributed by atoms with van der Waals surface area (Å²) in [5.41, 5.74) is 4.07. The smallest absolute Gasteiger partial charge is 0.258 e. The zero-order valence-corrected chi connectivity index (χ0v) is 27.8. The number of likely N-dealkylation sites (tertiary alicyclic amines) is 1. The topological polar surface area (TPSA) is 143 Å². The van der Waals surface area contributed by atoms with Crippen molar-refractivity contribution in [2.75, 3.05) is 13.2 Å². The average Bonchev–Trinajstić information content (AvgIpc) is 3.62. The molecule has 0 spiro atoms. The summed E-state index contributed by atoms with van der Waals surface area (Å²) in [6, 6.07) is 9.46. The molecule has 0 unspecified atom stereocenters. The van der Waals surface area contributed by atoms with Gasteiger partial charge in [0, 0.05) is 25.6 Å². The number of hydrogen-bond donors (Lipinski definition) is 3. The molecule has 46 heavy (non-hydrogen) atoms. The first-order valence-corrected chi connectivity index (χ1v) is 16.6. The number of carbonyl (C=O) groups excluding carboxylic acids is 3. The molecule has 3 aromatic rings. The number of benzene rings is 1. The molecule has 2 fully saturated rings. The van der Waals surface area contributed by atoms with Crippen LogP contribution < -0.4 is 20.1 Å². The molecule has 1 aliphatic carbocycles. The van der Waals surface area contributed by atoms with Crippen LogP contribution in [0.5, 0.6) is 11.6 Å². The van der Waals surface area contributed by atoms with Gasteiger partial charge in [-0.25, -0.2) is 9.97 Å². The van der Waals surface area contributed by atoms with E-state index in [1.165, 1.54) is 11.1 Å². The number of nitrogens with zero attached hydrogens (tertiary/aromatic N) is 3. The molecule has 0 bridgehead atoms. The number of hydrogen-bond acceptors (Lipinski definition) is 9. The average molecular weight is 650 g/mol. The van der Waals surface area contributed by atoms with Crippen LogP contribution in [0.1, 0.15) is 58.2 Å². The van der Waals surface area contributed by atoms with E-state index < -0.39 is 35.4 Å². The standard InChI is InChI=1S/C34H43N5O6S/c1-20-12-26(13-20)45-29-11-10-25(16-35-29)44-18-28(41)38-31(34(3,4)5)33(43)39-17-24(40)14-27(39)32(42)36-15-22-6-8-23(9-7-22)30-21(2)37-19-46-30/h6-11,16,19-20,24,26-27,31,40H,12-15,17-18H2,1-5H3,(H,36,42)(H,38,41)/t20-,24-,26+,27+,31-/m1/s1. The number of pyridine rings is 1. The zero-order chi connectivity index (χ0) is 33.0. The molecule has 3 amide bonds. The van der Waals surface area contributed by atoms with Gasteiger partial charge in [0.25, 0.3) is 5.91 Å². The van der Waals surface area contributed by atoms with E-state index in [0.717, 1.165) is 34.5 Å². The van der Waals surface area contributed by atoms with E-state index in [4.69, 9.17) is 9.47 Å². The summed E-state index contributed by atoms with van der Waals surface area (Å²) in [6.07, 6.45) is 2.97. The minimum absolute atomic E-state index is 0.00136. The van der Waals surface area contributed by atoms with Crippen molar-refractivity contribution in [1.29, 1.82) is 0 Å². The Labute approximate surface area is 273 Å². The molecule has 3 heterocycles. The number of rotatable bonds is 11. The van der Waals surface area contributed by atoms with Crippen LogP contribution in [0.3, 0.4) is 0 Å². The fraction of sp³-hybridized carbons (Fsp3) is 0.500. The lowest BCUT2D eigenvalue weighted by molar-refractivity contribution is -0.144. The van der Waals surface area contributed by atoms with E-state index in [1.807, 2.05) is 57.5 Å². The molecule has 3 N–H and O–H groups in total. The third-order valence-electron chi connectivity index (χ3n) is 8.41. The molecule has 1 saturated heterocycles. The summed E-state index contributed by atoms with van der Waals surface area (Å²) in [7, 11) is 0. The number of aliphatic hydroxyl groups is 1. The van der Waals surface area contributed by atoms with Gasteiger partial charge >= 0.3 is 0 Å². The quantitative estimate of drug-likeness (QED) is 0.284. The first-order valence-electron chi connectivity index (χ1n) is 15.7. The highest BCUT2D eigenvalue weighted by Gasteiger charge is 2.44. The van der Waals surface area contributed by atoms with Crippen molar-refractivity contribution in [3.63, 3.8) is 0 Å². The fourth-order valence-electron chi connectivity index (χ4n) is 5.75. The van der Waals surface area contributed by atoms with Gasteiger partial charge in [0.15, 0.2) is 6.61 Å². The maximum atomic E-state index is 13.8. The largest absolute Gasteiger partial charge is 0.482 e. The molecule has 2 aliphatic rings. The Bertz CT molecular complexity index is 1510. The van der Waals surface area contributed by atoms with E-state index >= 15 is 0 Å². The van der Waals surface area contributed by atoms with Gasteiger partial charge in [-0.1, -0.05) is 52.0 Å². The number of ether oxygens (including phenoxy) is 2. The van der Waals surface area contributed by atoms with Crippen LogP contribution in [0.2, 0.25) is 0 Å². The van der Waals surface area contributed by atoms with Crippen LogP contribution in [0.4, 0.5) is 0 Å². The Morgan fingerprint density at radius 1 is 1.09 bits per heavy atom. The molecule has 0 radical (unpaired) electrons. The molecule has 1 aromatic carbocycles. The number of thiazole rings is 1. The van der Waals surface area contributed by atoms with Crippen LogP contribution in [0.25, 0.3) is 10.4 Å². The Hall–Kier alpha value is -4.03. The summed E-state index contributed by atoms with van der Waals surface area (Å²) < 4.78 is 11.4. The number of amides is 3. The number of carbonyl (C=O) groups is 3. The fourth-order valence-corrected chi connectivity index (χ4v) is 6.56. The lowest BCUT2D eigenvalue weighted by Gasteiger charge is -2.35. The van der Waals surface area contributed by atoms with Crippen molar-refractivity contribution in [2.24, 2.45) is 11.3 Å². The second-order valence-electron chi connectivity index (χ2n) is 13.4. The highest BCUT2D eigenvalue weighted by molar-refractivity contribution is 7.13. The van der Waals surface area contributed by atoms with Gasteiger partial charge in [0.1, 0.15) is 23.9 Å². The van der Waals surface area contributed by atoms with Crippen molar-refractivity contribution in [3.05, 3.63) is 59.4 Å². The first-order chi connectivity index (χ1) is 21.9. The van der Waals surface area contributed by atoms with E-state index in [2.05, 4.69) is 27.5 Å². The van der Waals surface area contributed by atoms with Crippen LogP contribution in [-0.2, 0) is 20.9 Å². The molecule has 1 aliphatic heterocycles. The van der Waals surface area contributed by atoms with E-state index in [-0.39, 0.29) is 38.1 Å². The van der Waals surface area contributed by atoms with Crippen molar-refractivity contribution in [1.82, 2.24) is 25.5 Å². The Balaban J connectivity index is 1.15. The molecule has 3 atom stereocenters. The molecule has 11 nitrogen and oxygen atoms in total. The maximum absolute atomic E-state index is 13.8. The van der Waals surface area contributed by atoms with Gasteiger partial charge in [-0.05, 0) is 48.3 Å².